The van der Waals surface area contributed by atoms with Gasteiger partial charge in [0.15, 0.2) is 5.76 Å². The molecule has 0 saturated heterocycles. The van der Waals surface area contributed by atoms with E-state index in [0.717, 1.165) is 21.7 Å². The van der Waals surface area contributed by atoms with E-state index in [-0.39, 0.29) is 23.8 Å². The van der Waals surface area contributed by atoms with Crippen molar-refractivity contribution in [3.05, 3.63) is 78.3 Å². The van der Waals surface area contributed by atoms with Crippen LogP contribution in [0.25, 0.3) is 21.7 Å². The Morgan fingerprint density at radius 1 is 1.08 bits per heavy atom. The standard InChI is InChI=1S/C21H19N3O2/c1-13(22)20(16-7-6-14-4-2-3-5-15(14)10-16)24-21(25)19-11-17-12-23-9-8-18(17)26-19/h2-13,20H,22H2,1H3,(H,24,25). The normalized spacial score (nSPS) is 13.6. The number of pyridine rings is 1. The second-order valence-electron chi connectivity index (χ2n) is 6.44. The van der Waals surface area contributed by atoms with E-state index in [4.69, 9.17) is 10.2 Å². The highest BCUT2D eigenvalue weighted by Crippen LogP contribution is 2.24. The lowest BCUT2D eigenvalue weighted by atomic mass is 9.97. The lowest BCUT2D eigenvalue weighted by molar-refractivity contribution is 0.0905. The molecule has 0 spiro atoms. The van der Waals surface area contributed by atoms with Crippen molar-refractivity contribution in [1.29, 1.82) is 0 Å². The molecule has 4 rings (SSSR count). The molecule has 3 N–H and O–H groups in total. The lowest BCUT2D eigenvalue weighted by Crippen LogP contribution is -2.39. The van der Waals surface area contributed by atoms with Crippen molar-refractivity contribution in [3.8, 4) is 0 Å². The van der Waals surface area contributed by atoms with Gasteiger partial charge in [-0.25, -0.2) is 0 Å². The van der Waals surface area contributed by atoms with Crippen LogP contribution in [0.4, 0.5) is 0 Å². The van der Waals surface area contributed by atoms with E-state index in [1.807, 2.05) is 37.3 Å². The van der Waals surface area contributed by atoms with Gasteiger partial charge < -0.3 is 15.5 Å². The van der Waals surface area contributed by atoms with Crippen LogP contribution in [0.15, 0.2) is 71.4 Å². The minimum Gasteiger partial charge on any atom is -0.451 e. The second kappa shape index (κ2) is 6.61. The van der Waals surface area contributed by atoms with Gasteiger partial charge in [-0.05, 0) is 41.5 Å². The highest BCUT2D eigenvalue weighted by Gasteiger charge is 2.22. The Bertz CT molecular complexity index is 1050. The molecule has 0 radical (unpaired) electrons. The number of benzene rings is 2. The van der Waals surface area contributed by atoms with Crippen molar-refractivity contribution < 1.29 is 9.21 Å². The summed E-state index contributed by atoms with van der Waals surface area (Å²) >= 11 is 0. The predicted molar refractivity (Wildman–Crippen MR) is 102 cm³/mol. The van der Waals surface area contributed by atoms with Gasteiger partial charge in [0, 0.05) is 23.8 Å². The third kappa shape index (κ3) is 3.05. The highest BCUT2D eigenvalue weighted by atomic mass is 16.3. The first-order chi connectivity index (χ1) is 12.6. The molecular formula is C21H19N3O2. The Kier molecular flexibility index (Phi) is 4.14. The Hall–Kier alpha value is -3.18. The Morgan fingerprint density at radius 3 is 2.65 bits per heavy atom. The molecule has 0 aliphatic heterocycles. The van der Waals surface area contributed by atoms with Crippen LogP contribution in [0.1, 0.15) is 29.1 Å². The molecule has 0 bridgehead atoms. The van der Waals surface area contributed by atoms with Gasteiger partial charge in [-0.1, -0.05) is 36.4 Å². The molecule has 0 fully saturated rings. The summed E-state index contributed by atoms with van der Waals surface area (Å²) in [5.41, 5.74) is 7.75. The molecule has 1 amide bonds. The van der Waals surface area contributed by atoms with Crippen molar-refractivity contribution >= 4 is 27.6 Å². The van der Waals surface area contributed by atoms with E-state index >= 15 is 0 Å². The first-order valence-electron chi connectivity index (χ1n) is 8.50. The minimum atomic E-state index is -0.321. The number of nitrogens with one attached hydrogen (secondary N) is 1. The van der Waals surface area contributed by atoms with Gasteiger partial charge in [-0.2, -0.15) is 0 Å². The fraction of sp³-hybridized carbons (Fsp3) is 0.143. The fourth-order valence-electron chi connectivity index (χ4n) is 3.13. The Morgan fingerprint density at radius 2 is 1.88 bits per heavy atom. The summed E-state index contributed by atoms with van der Waals surface area (Å²) < 4.78 is 5.62. The van der Waals surface area contributed by atoms with E-state index in [1.54, 1.807) is 24.5 Å². The topological polar surface area (TPSA) is 81.1 Å². The van der Waals surface area contributed by atoms with Gasteiger partial charge in [-0.3, -0.25) is 9.78 Å². The number of carbonyl (C=O) groups is 1. The summed E-state index contributed by atoms with van der Waals surface area (Å²) in [7, 11) is 0. The molecule has 2 aromatic heterocycles. The molecule has 2 aromatic carbocycles. The third-order valence-electron chi connectivity index (χ3n) is 4.49. The maximum absolute atomic E-state index is 12.7. The van der Waals surface area contributed by atoms with Crippen molar-refractivity contribution in [2.24, 2.45) is 5.73 Å². The molecule has 130 valence electrons. The van der Waals surface area contributed by atoms with Crippen LogP contribution >= 0.6 is 0 Å². The van der Waals surface area contributed by atoms with Crippen molar-refractivity contribution in [3.63, 3.8) is 0 Å². The van der Waals surface area contributed by atoms with Gasteiger partial charge in [0.25, 0.3) is 5.91 Å². The zero-order valence-electron chi connectivity index (χ0n) is 14.3. The Balaban J connectivity index is 1.64. The zero-order valence-corrected chi connectivity index (χ0v) is 14.3. The number of nitrogens with zero attached hydrogens (tertiary/aromatic N) is 1. The fourth-order valence-corrected chi connectivity index (χ4v) is 3.13. The zero-order chi connectivity index (χ0) is 18.1. The molecule has 0 aliphatic rings. The average Bonchev–Trinajstić information content (AvgIpc) is 3.09. The second-order valence-corrected chi connectivity index (χ2v) is 6.44. The number of furan rings is 1. The van der Waals surface area contributed by atoms with Gasteiger partial charge in [0.05, 0.1) is 6.04 Å². The van der Waals surface area contributed by atoms with E-state index in [1.165, 1.54) is 0 Å². The molecular weight excluding hydrogens is 326 g/mol. The van der Waals surface area contributed by atoms with Gasteiger partial charge >= 0.3 is 0 Å². The summed E-state index contributed by atoms with van der Waals surface area (Å²) in [6.45, 7) is 1.88. The Labute approximate surface area is 150 Å². The number of amides is 1. The summed E-state index contributed by atoms with van der Waals surface area (Å²) in [6.07, 6.45) is 3.30. The maximum atomic E-state index is 12.7. The highest BCUT2D eigenvalue weighted by molar-refractivity contribution is 5.96. The number of aromatic nitrogens is 1. The molecule has 5 nitrogen and oxygen atoms in total. The van der Waals surface area contributed by atoms with Crippen molar-refractivity contribution in [2.45, 2.75) is 19.0 Å². The number of nitrogens with two attached hydrogens (primary N) is 1. The van der Waals surface area contributed by atoms with E-state index < -0.39 is 0 Å². The number of rotatable bonds is 4. The quantitative estimate of drug-likeness (QED) is 0.589. The van der Waals surface area contributed by atoms with Gasteiger partial charge in [0.1, 0.15) is 5.58 Å². The number of hydrogen-bond donors (Lipinski definition) is 2. The summed E-state index contributed by atoms with van der Waals surface area (Å²) in [5.74, 6) is -0.0453. The number of carbonyl (C=O) groups excluding carboxylic acids is 1. The van der Waals surface area contributed by atoms with Gasteiger partial charge in [-0.15, -0.1) is 0 Å². The van der Waals surface area contributed by atoms with Crippen LogP contribution in [0.2, 0.25) is 0 Å². The molecule has 2 atom stereocenters. The molecule has 0 saturated carbocycles. The smallest absolute Gasteiger partial charge is 0.287 e. The molecule has 2 heterocycles. The SMILES string of the molecule is CC(N)C(NC(=O)c1cc2cnccc2o1)c1ccc2ccccc2c1. The molecule has 5 heteroatoms. The maximum Gasteiger partial charge on any atom is 0.287 e. The summed E-state index contributed by atoms with van der Waals surface area (Å²) in [4.78, 5) is 16.7. The largest absolute Gasteiger partial charge is 0.451 e. The summed E-state index contributed by atoms with van der Waals surface area (Å²) in [5, 5.41) is 6.05. The van der Waals surface area contributed by atoms with Crippen LogP contribution in [-0.4, -0.2) is 16.9 Å². The van der Waals surface area contributed by atoms with Crippen LogP contribution in [0.5, 0.6) is 0 Å². The predicted octanol–water partition coefficient (Wildman–Crippen LogP) is 3.80. The molecule has 26 heavy (non-hydrogen) atoms. The van der Waals surface area contributed by atoms with Crippen molar-refractivity contribution in [1.82, 2.24) is 10.3 Å². The van der Waals surface area contributed by atoms with Crippen LogP contribution in [-0.2, 0) is 0 Å². The summed E-state index contributed by atoms with van der Waals surface area (Å²) in [6, 6.07) is 17.0. The molecule has 4 aromatic rings. The van der Waals surface area contributed by atoms with E-state index in [0.29, 0.717) is 5.58 Å². The first kappa shape index (κ1) is 16.3. The monoisotopic (exact) mass is 345 g/mol. The van der Waals surface area contributed by atoms with Crippen LogP contribution in [0, 0.1) is 0 Å². The number of hydrogen-bond acceptors (Lipinski definition) is 4. The minimum absolute atomic E-state index is 0.249. The van der Waals surface area contributed by atoms with Crippen LogP contribution < -0.4 is 11.1 Å². The van der Waals surface area contributed by atoms with Crippen LogP contribution in [0.3, 0.4) is 0 Å². The van der Waals surface area contributed by atoms with E-state index in [2.05, 4.69) is 22.4 Å². The third-order valence-corrected chi connectivity index (χ3v) is 4.49. The molecule has 2 unspecified atom stereocenters. The average molecular weight is 345 g/mol. The van der Waals surface area contributed by atoms with E-state index in [9.17, 15) is 4.79 Å². The first-order valence-corrected chi connectivity index (χ1v) is 8.50. The van der Waals surface area contributed by atoms with Crippen molar-refractivity contribution in [2.75, 3.05) is 0 Å². The molecule has 0 aliphatic carbocycles. The lowest BCUT2D eigenvalue weighted by Gasteiger charge is -2.22. The number of fused-ring (bicyclic) bond motifs is 2. The van der Waals surface area contributed by atoms with Gasteiger partial charge in [0.2, 0.25) is 0 Å².